The average Bonchev–Trinajstić information content (AvgIpc) is 2.99. The Morgan fingerprint density at radius 1 is 0.938 bits per heavy atom. The van der Waals surface area contributed by atoms with Crippen LogP contribution >= 0.6 is 35.0 Å². The number of hydrogen-bond acceptors (Lipinski definition) is 4. The van der Waals surface area contributed by atoms with Crippen molar-refractivity contribution in [2.45, 2.75) is 18.7 Å². The molecule has 4 rings (SSSR count). The lowest BCUT2D eigenvalue weighted by molar-refractivity contribution is -0.120. The Morgan fingerprint density at radius 3 is 2.34 bits per heavy atom. The predicted molar refractivity (Wildman–Crippen MR) is 128 cm³/mol. The lowest BCUT2D eigenvalue weighted by Crippen LogP contribution is -2.32. The Labute approximate surface area is 199 Å². The molecule has 3 aromatic carbocycles. The van der Waals surface area contributed by atoms with Gasteiger partial charge in [-0.25, -0.2) is 9.29 Å². The Bertz CT molecular complexity index is 1280. The van der Waals surface area contributed by atoms with Crippen LogP contribution in [0.2, 0.25) is 10.0 Å². The third kappa shape index (κ3) is 4.26. The molecule has 0 bridgehead atoms. The maximum Gasteiger partial charge on any atom is 0.283 e. The normalized spacial score (nSPS) is 13.8. The van der Waals surface area contributed by atoms with Crippen LogP contribution in [-0.4, -0.2) is 11.8 Å². The van der Waals surface area contributed by atoms with E-state index in [0.29, 0.717) is 10.7 Å². The Kier molecular flexibility index (Phi) is 6.29. The first-order valence-electron chi connectivity index (χ1n) is 9.61. The minimum atomic E-state index is -0.632. The molecule has 4 nitrogen and oxygen atoms in total. The van der Waals surface area contributed by atoms with Gasteiger partial charge in [0, 0.05) is 15.6 Å². The number of benzene rings is 3. The maximum absolute atomic E-state index is 13.7. The van der Waals surface area contributed by atoms with Crippen LogP contribution in [0.3, 0.4) is 0 Å². The van der Waals surface area contributed by atoms with Gasteiger partial charge in [0.1, 0.15) is 16.4 Å². The van der Waals surface area contributed by atoms with Crippen molar-refractivity contribution >= 4 is 58.2 Å². The quantitative estimate of drug-likeness (QED) is 0.405. The predicted octanol–water partition coefficient (Wildman–Crippen LogP) is 6.74. The number of thioether (sulfide) groups is 1. The van der Waals surface area contributed by atoms with E-state index in [9.17, 15) is 14.0 Å². The van der Waals surface area contributed by atoms with Gasteiger partial charge in [-0.15, -0.1) is 0 Å². The van der Waals surface area contributed by atoms with Crippen LogP contribution in [0.15, 0.2) is 76.2 Å². The minimum absolute atomic E-state index is 0.143. The summed E-state index contributed by atoms with van der Waals surface area (Å²) in [6, 6.07) is 16.4. The fraction of sp³-hybridized carbons (Fsp3) is 0.0833. The summed E-state index contributed by atoms with van der Waals surface area (Å²) in [7, 11) is 0. The molecule has 1 heterocycles. The fourth-order valence-corrected chi connectivity index (χ4v) is 4.44. The molecule has 162 valence electrons. The number of halogens is 3. The molecule has 0 saturated carbocycles. The second-order valence-electron chi connectivity index (χ2n) is 7.18. The molecule has 0 unspecified atom stereocenters. The molecule has 1 aliphatic rings. The van der Waals surface area contributed by atoms with Gasteiger partial charge in [-0.2, -0.15) is 0 Å². The summed E-state index contributed by atoms with van der Waals surface area (Å²) in [6.45, 7) is 3.90. The zero-order valence-electron chi connectivity index (χ0n) is 17.1. The van der Waals surface area contributed by atoms with Crippen molar-refractivity contribution in [1.82, 2.24) is 0 Å². The third-order valence-corrected chi connectivity index (χ3v) is 6.73. The van der Waals surface area contributed by atoms with E-state index in [2.05, 4.69) is 5.32 Å². The number of anilines is 2. The van der Waals surface area contributed by atoms with E-state index in [-0.39, 0.29) is 21.3 Å². The van der Waals surface area contributed by atoms with Crippen LogP contribution in [0.25, 0.3) is 0 Å². The van der Waals surface area contributed by atoms with Gasteiger partial charge in [-0.1, -0.05) is 47.1 Å². The van der Waals surface area contributed by atoms with Crippen molar-refractivity contribution < 1.29 is 14.0 Å². The largest absolute Gasteiger partial charge is 0.350 e. The van der Waals surface area contributed by atoms with Crippen molar-refractivity contribution in [2.75, 3.05) is 10.2 Å². The number of carbonyl (C=O) groups is 2. The van der Waals surface area contributed by atoms with Crippen LogP contribution < -0.4 is 10.2 Å². The highest BCUT2D eigenvalue weighted by molar-refractivity contribution is 8.04. The fourth-order valence-electron chi connectivity index (χ4n) is 3.21. The molecule has 1 N–H and O–H groups in total. The second-order valence-corrected chi connectivity index (χ2v) is 9.10. The smallest absolute Gasteiger partial charge is 0.283 e. The summed E-state index contributed by atoms with van der Waals surface area (Å²) < 4.78 is 13.7. The van der Waals surface area contributed by atoms with Crippen LogP contribution in [0.5, 0.6) is 0 Å². The van der Waals surface area contributed by atoms with Crippen LogP contribution in [0.1, 0.15) is 11.1 Å². The molecule has 32 heavy (non-hydrogen) atoms. The van der Waals surface area contributed by atoms with E-state index in [1.165, 1.54) is 12.1 Å². The van der Waals surface area contributed by atoms with Gasteiger partial charge in [-0.05, 0) is 73.5 Å². The highest BCUT2D eigenvalue weighted by Gasteiger charge is 2.40. The first-order valence-corrected chi connectivity index (χ1v) is 11.2. The number of amides is 2. The molecule has 1 aliphatic heterocycles. The van der Waals surface area contributed by atoms with E-state index in [4.69, 9.17) is 23.2 Å². The minimum Gasteiger partial charge on any atom is -0.350 e. The summed E-state index contributed by atoms with van der Waals surface area (Å²) in [4.78, 5) is 28.7. The highest BCUT2D eigenvalue weighted by atomic mass is 35.5. The molecule has 0 saturated heterocycles. The van der Waals surface area contributed by atoms with Crippen LogP contribution in [0, 0.1) is 19.7 Å². The van der Waals surface area contributed by atoms with E-state index >= 15 is 0 Å². The number of hydrogen-bond donors (Lipinski definition) is 1. The summed E-state index contributed by atoms with van der Waals surface area (Å²) in [5, 5.41) is 3.54. The SMILES string of the molecule is Cc1cccc(NC2=C(Sc3ccc(Cl)cc3)C(=O)N(c3ccc(F)c(Cl)c3)C2=O)c1C. The maximum atomic E-state index is 13.7. The van der Waals surface area contributed by atoms with Gasteiger partial charge < -0.3 is 5.32 Å². The van der Waals surface area contributed by atoms with Crippen molar-refractivity contribution in [3.8, 4) is 0 Å². The molecule has 0 radical (unpaired) electrons. The Hall–Kier alpha value is -2.80. The third-order valence-electron chi connectivity index (χ3n) is 5.10. The van der Waals surface area contributed by atoms with Gasteiger partial charge >= 0.3 is 0 Å². The molecular formula is C24H17Cl2FN2O2S. The van der Waals surface area contributed by atoms with Gasteiger partial charge in [-0.3, -0.25) is 9.59 Å². The van der Waals surface area contributed by atoms with Crippen LogP contribution in [-0.2, 0) is 9.59 Å². The van der Waals surface area contributed by atoms with E-state index in [1.807, 2.05) is 32.0 Å². The number of rotatable bonds is 5. The standard InChI is InChI=1S/C24H17Cl2FN2O2S/c1-13-4-3-5-20(14(13)2)28-21-22(32-17-9-6-15(25)7-10-17)24(31)29(23(21)30)16-8-11-19(27)18(26)12-16/h3-12,28H,1-2H3. The summed E-state index contributed by atoms with van der Waals surface area (Å²) in [5.41, 5.74) is 3.05. The average molecular weight is 487 g/mol. The number of nitrogens with zero attached hydrogens (tertiary/aromatic N) is 1. The van der Waals surface area contributed by atoms with E-state index in [1.54, 1.807) is 24.3 Å². The molecule has 3 aromatic rings. The van der Waals surface area contributed by atoms with E-state index < -0.39 is 17.6 Å². The second kappa shape index (κ2) is 8.98. The summed E-state index contributed by atoms with van der Waals surface area (Å²) >= 11 is 13.0. The first kappa shape index (κ1) is 22.4. The highest BCUT2D eigenvalue weighted by Crippen LogP contribution is 2.39. The molecule has 0 spiro atoms. The van der Waals surface area contributed by atoms with Crippen molar-refractivity contribution in [2.24, 2.45) is 0 Å². The van der Waals surface area contributed by atoms with Gasteiger partial charge in [0.05, 0.1) is 10.7 Å². The number of aryl methyl sites for hydroxylation is 1. The molecule has 2 amide bonds. The molecule has 8 heteroatoms. The molecular weight excluding hydrogens is 470 g/mol. The van der Waals surface area contributed by atoms with Crippen molar-refractivity contribution in [3.63, 3.8) is 0 Å². The van der Waals surface area contributed by atoms with Crippen molar-refractivity contribution in [3.05, 3.63) is 98.3 Å². The van der Waals surface area contributed by atoms with Gasteiger partial charge in [0.2, 0.25) is 0 Å². The number of carbonyl (C=O) groups excluding carboxylic acids is 2. The number of imide groups is 1. The number of nitrogens with one attached hydrogen (secondary N) is 1. The zero-order valence-corrected chi connectivity index (χ0v) is 19.4. The molecule has 0 atom stereocenters. The van der Waals surface area contributed by atoms with E-state index in [0.717, 1.165) is 38.8 Å². The summed E-state index contributed by atoms with van der Waals surface area (Å²) in [6.07, 6.45) is 0. The first-order chi connectivity index (χ1) is 15.3. The Morgan fingerprint density at radius 2 is 1.66 bits per heavy atom. The molecule has 0 aromatic heterocycles. The summed E-state index contributed by atoms with van der Waals surface area (Å²) in [5.74, 6) is -1.70. The zero-order chi connectivity index (χ0) is 23.0. The lowest BCUT2D eigenvalue weighted by Gasteiger charge is -2.16. The van der Waals surface area contributed by atoms with Crippen LogP contribution in [0.4, 0.5) is 15.8 Å². The Balaban J connectivity index is 1.78. The van der Waals surface area contributed by atoms with Gasteiger partial charge in [0.15, 0.2) is 0 Å². The topological polar surface area (TPSA) is 49.4 Å². The molecule has 0 fully saturated rings. The van der Waals surface area contributed by atoms with Crippen molar-refractivity contribution in [1.29, 1.82) is 0 Å². The van der Waals surface area contributed by atoms with Gasteiger partial charge in [0.25, 0.3) is 11.8 Å². The monoisotopic (exact) mass is 486 g/mol. The lowest BCUT2D eigenvalue weighted by atomic mass is 10.1. The molecule has 0 aliphatic carbocycles.